The van der Waals surface area contributed by atoms with Crippen LogP contribution in [-0.2, 0) is 9.53 Å². The normalized spacial score (nSPS) is 40.7. The lowest BCUT2D eigenvalue weighted by Gasteiger charge is -2.51. The summed E-state index contributed by atoms with van der Waals surface area (Å²) in [4.78, 5) is 12.0. The van der Waals surface area contributed by atoms with Gasteiger partial charge in [0.1, 0.15) is 0 Å². The van der Waals surface area contributed by atoms with Crippen LogP contribution in [-0.4, -0.2) is 12.6 Å². The van der Waals surface area contributed by atoms with Crippen molar-refractivity contribution < 1.29 is 9.53 Å². The van der Waals surface area contributed by atoms with Gasteiger partial charge in [0.05, 0.1) is 6.61 Å². The number of fused-ring (bicyclic) bond motifs is 5. The molecule has 1 saturated carbocycles. The van der Waals surface area contributed by atoms with E-state index in [0.717, 1.165) is 19.3 Å². The Morgan fingerprint density at radius 3 is 3.00 bits per heavy atom. The zero-order chi connectivity index (χ0) is 17.7. The molecule has 0 amide bonds. The van der Waals surface area contributed by atoms with Crippen LogP contribution in [0.3, 0.4) is 0 Å². The molecular formula is C23H30O2. The number of hydrogen-bond acceptors (Lipinski definition) is 2. The summed E-state index contributed by atoms with van der Waals surface area (Å²) >= 11 is 0. The summed E-state index contributed by atoms with van der Waals surface area (Å²) in [5.74, 6) is 1.14. The summed E-state index contributed by atoms with van der Waals surface area (Å²) in [6.45, 7) is 7.16. The number of rotatable bonds is 2. The summed E-state index contributed by atoms with van der Waals surface area (Å²) in [6, 6.07) is 0. The molecule has 0 radical (unpaired) electrons. The van der Waals surface area contributed by atoms with Crippen molar-refractivity contribution in [1.29, 1.82) is 0 Å². The molecule has 0 N–H and O–H groups in total. The molecule has 2 heteroatoms. The lowest BCUT2D eigenvalue weighted by Crippen LogP contribution is -2.41. The van der Waals surface area contributed by atoms with Crippen molar-refractivity contribution >= 4 is 5.97 Å². The van der Waals surface area contributed by atoms with Crippen molar-refractivity contribution in [1.82, 2.24) is 0 Å². The van der Waals surface area contributed by atoms with Gasteiger partial charge in [0, 0.05) is 11.5 Å². The zero-order valence-corrected chi connectivity index (χ0v) is 15.8. The molecule has 0 aromatic carbocycles. The highest BCUT2D eigenvalue weighted by molar-refractivity contribution is 5.83. The molecule has 2 nitrogen and oxygen atoms in total. The fourth-order valence-electron chi connectivity index (χ4n) is 6.03. The smallest absolute Gasteiger partial charge is 0.330 e. The van der Waals surface area contributed by atoms with E-state index < -0.39 is 0 Å². The van der Waals surface area contributed by atoms with Crippen molar-refractivity contribution in [2.45, 2.75) is 59.3 Å². The van der Waals surface area contributed by atoms with E-state index in [9.17, 15) is 4.79 Å². The van der Waals surface area contributed by atoms with Crippen LogP contribution in [0.1, 0.15) is 59.3 Å². The van der Waals surface area contributed by atoms with Crippen LogP contribution in [0.15, 0.2) is 47.1 Å². The van der Waals surface area contributed by atoms with Gasteiger partial charge in [-0.2, -0.15) is 0 Å². The first-order chi connectivity index (χ1) is 12.0. The number of carbonyl (C=O) groups excluding carboxylic acids is 1. The average Bonchev–Trinajstić information content (AvgIpc) is 2.91. The molecular weight excluding hydrogens is 308 g/mol. The third kappa shape index (κ3) is 2.48. The molecule has 0 heterocycles. The molecule has 25 heavy (non-hydrogen) atoms. The monoisotopic (exact) mass is 338 g/mol. The predicted octanol–water partition coefficient (Wildman–Crippen LogP) is 5.52. The van der Waals surface area contributed by atoms with E-state index in [4.69, 9.17) is 4.74 Å². The maximum Gasteiger partial charge on any atom is 0.330 e. The largest absolute Gasteiger partial charge is 0.463 e. The van der Waals surface area contributed by atoms with E-state index in [-0.39, 0.29) is 16.8 Å². The number of allylic oxidation sites excluding steroid dienone is 7. The number of hydrogen-bond donors (Lipinski definition) is 0. The van der Waals surface area contributed by atoms with Gasteiger partial charge in [0.25, 0.3) is 0 Å². The molecule has 0 aromatic rings. The Bertz CT molecular complexity index is 708. The van der Waals surface area contributed by atoms with Crippen molar-refractivity contribution in [3.8, 4) is 0 Å². The van der Waals surface area contributed by atoms with Gasteiger partial charge in [0.15, 0.2) is 0 Å². The van der Waals surface area contributed by atoms with Crippen LogP contribution < -0.4 is 0 Å². The summed E-state index contributed by atoms with van der Waals surface area (Å²) in [6.07, 6.45) is 18.4. The minimum atomic E-state index is -0.163. The molecule has 4 rings (SSSR count). The molecule has 0 unspecified atom stereocenters. The predicted molar refractivity (Wildman–Crippen MR) is 101 cm³/mol. The molecule has 0 aromatic heterocycles. The van der Waals surface area contributed by atoms with Gasteiger partial charge in [0.2, 0.25) is 0 Å². The Morgan fingerprint density at radius 1 is 1.36 bits per heavy atom. The Balaban J connectivity index is 1.68. The second-order valence-electron chi connectivity index (χ2n) is 8.62. The van der Waals surface area contributed by atoms with Gasteiger partial charge in [-0.3, -0.25) is 0 Å². The van der Waals surface area contributed by atoms with Gasteiger partial charge in [-0.05, 0) is 68.3 Å². The molecule has 4 aliphatic carbocycles. The quantitative estimate of drug-likeness (QED) is 0.376. The summed E-state index contributed by atoms with van der Waals surface area (Å²) in [7, 11) is 0. The topological polar surface area (TPSA) is 26.3 Å². The fourth-order valence-corrected chi connectivity index (χ4v) is 6.03. The van der Waals surface area contributed by atoms with Crippen LogP contribution in [0.4, 0.5) is 0 Å². The molecule has 1 fully saturated rings. The minimum Gasteiger partial charge on any atom is -0.463 e. The maximum absolute atomic E-state index is 12.0. The van der Waals surface area contributed by atoms with Crippen LogP contribution in [0.2, 0.25) is 0 Å². The SMILES string of the molecule is CCOC(=O)C=C1CC[C@H]2[C@@H]3CC=C4C=CCC[C@]4(C)C3=CC[C@]12C. The first-order valence-electron chi connectivity index (χ1n) is 9.94. The molecule has 4 atom stereocenters. The molecule has 0 bridgehead atoms. The fraction of sp³-hybridized carbons (Fsp3) is 0.609. The summed E-state index contributed by atoms with van der Waals surface area (Å²) in [5, 5.41) is 0. The van der Waals surface area contributed by atoms with Crippen LogP contribution in [0, 0.1) is 22.7 Å². The Labute approximate surface area is 151 Å². The molecule has 0 saturated heterocycles. The summed E-state index contributed by atoms with van der Waals surface area (Å²) < 4.78 is 5.17. The highest BCUT2D eigenvalue weighted by Gasteiger charge is 2.53. The van der Waals surface area contributed by atoms with E-state index in [1.807, 2.05) is 6.92 Å². The highest BCUT2D eigenvalue weighted by Crippen LogP contribution is 2.63. The van der Waals surface area contributed by atoms with Crippen molar-refractivity contribution in [3.63, 3.8) is 0 Å². The average molecular weight is 338 g/mol. The minimum absolute atomic E-state index is 0.132. The van der Waals surface area contributed by atoms with Crippen LogP contribution >= 0.6 is 0 Å². The first-order valence-corrected chi connectivity index (χ1v) is 9.94. The number of esters is 1. The number of carbonyl (C=O) groups is 1. The van der Waals surface area contributed by atoms with E-state index in [1.54, 1.807) is 11.6 Å². The Kier molecular flexibility index (Phi) is 4.05. The van der Waals surface area contributed by atoms with Crippen molar-refractivity contribution in [2.75, 3.05) is 6.61 Å². The standard InChI is InChI=1S/C23H30O2/c1-4-25-21(24)15-17-9-11-19-18-10-8-16-7-5-6-13-22(16,2)20(18)12-14-23(17,19)3/h5,7-8,12,15,18-19H,4,6,9-11,13-14H2,1-3H3/t18-,19-,22-,23+/m0/s1. The maximum atomic E-state index is 12.0. The third-order valence-corrected chi connectivity index (χ3v) is 7.46. The third-order valence-electron chi connectivity index (χ3n) is 7.46. The molecule has 0 aliphatic heterocycles. The second kappa shape index (κ2) is 6.00. The molecule has 0 spiro atoms. The zero-order valence-electron chi connectivity index (χ0n) is 15.8. The first kappa shape index (κ1) is 16.9. The van der Waals surface area contributed by atoms with E-state index in [1.165, 1.54) is 30.4 Å². The lowest BCUT2D eigenvalue weighted by molar-refractivity contribution is -0.137. The van der Waals surface area contributed by atoms with E-state index in [0.29, 0.717) is 18.4 Å². The number of ether oxygens (including phenoxy) is 1. The lowest BCUT2D eigenvalue weighted by atomic mass is 9.53. The Hall–Kier alpha value is -1.57. The van der Waals surface area contributed by atoms with Gasteiger partial charge >= 0.3 is 5.97 Å². The second-order valence-corrected chi connectivity index (χ2v) is 8.62. The Morgan fingerprint density at radius 2 is 2.20 bits per heavy atom. The van der Waals surface area contributed by atoms with Crippen molar-refractivity contribution in [2.24, 2.45) is 22.7 Å². The van der Waals surface area contributed by atoms with Gasteiger partial charge in [-0.25, -0.2) is 4.79 Å². The van der Waals surface area contributed by atoms with Crippen LogP contribution in [0.25, 0.3) is 0 Å². The van der Waals surface area contributed by atoms with E-state index >= 15 is 0 Å². The highest BCUT2D eigenvalue weighted by atomic mass is 16.5. The van der Waals surface area contributed by atoms with Gasteiger partial charge in [-0.15, -0.1) is 0 Å². The van der Waals surface area contributed by atoms with Crippen LogP contribution in [0.5, 0.6) is 0 Å². The molecule has 134 valence electrons. The van der Waals surface area contributed by atoms with E-state index in [2.05, 4.69) is 38.2 Å². The van der Waals surface area contributed by atoms with Gasteiger partial charge < -0.3 is 4.74 Å². The summed E-state index contributed by atoms with van der Waals surface area (Å²) in [5.41, 5.74) is 4.91. The molecule has 4 aliphatic rings. The van der Waals surface area contributed by atoms with Crippen molar-refractivity contribution in [3.05, 3.63) is 47.1 Å². The van der Waals surface area contributed by atoms with Gasteiger partial charge in [-0.1, -0.05) is 49.3 Å².